The molecule has 1 heterocycles. The summed E-state index contributed by atoms with van der Waals surface area (Å²) in [6, 6.07) is 8.05. The molecular formula is C19H30N4O2. The van der Waals surface area contributed by atoms with Crippen LogP contribution in [0.5, 0.6) is 5.75 Å². The molecule has 1 aliphatic rings. The largest absolute Gasteiger partial charge is 0.497 e. The van der Waals surface area contributed by atoms with Gasteiger partial charge in [-0.2, -0.15) is 0 Å². The van der Waals surface area contributed by atoms with E-state index in [0.717, 1.165) is 51.2 Å². The van der Waals surface area contributed by atoms with E-state index >= 15 is 0 Å². The summed E-state index contributed by atoms with van der Waals surface area (Å²) in [5.74, 6) is 1.68. The molecule has 1 saturated heterocycles. The average molecular weight is 346 g/mol. The zero-order chi connectivity index (χ0) is 17.9. The van der Waals surface area contributed by atoms with Crippen molar-refractivity contribution in [1.29, 1.82) is 0 Å². The van der Waals surface area contributed by atoms with Crippen LogP contribution in [0.3, 0.4) is 0 Å². The third kappa shape index (κ3) is 6.64. The summed E-state index contributed by atoms with van der Waals surface area (Å²) >= 11 is 0. The number of nitrogens with one attached hydrogen (secondary N) is 2. The van der Waals surface area contributed by atoms with Crippen molar-refractivity contribution in [2.75, 3.05) is 39.8 Å². The van der Waals surface area contributed by atoms with Crippen LogP contribution in [0.1, 0.15) is 31.7 Å². The van der Waals surface area contributed by atoms with Crippen molar-refractivity contribution in [2.45, 2.75) is 32.6 Å². The Morgan fingerprint density at radius 2 is 1.88 bits per heavy atom. The Labute approximate surface area is 150 Å². The number of benzene rings is 1. The Kier molecular flexibility index (Phi) is 8.09. The molecule has 25 heavy (non-hydrogen) atoms. The van der Waals surface area contributed by atoms with Crippen molar-refractivity contribution in [3.8, 4) is 5.75 Å². The van der Waals surface area contributed by atoms with Gasteiger partial charge in [-0.05, 0) is 50.3 Å². The first-order valence-corrected chi connectivity index (χ1v) is 9.16. The summed E-state index contributed by atoms with van der Waals surface area (Å²) in [5.41, 5.74) is 1.23. The van der Waals surface area contributed by atoms with Gasteiger partial charge in [-0.15, -0.1) is 0 Å². The molecule has 138 valence electrons. The van der Waals surface area contributed by atoms with Gasteiger partial charge in [-0.3, -0.25) is 4.79 Å². The molecule has 1 fully saturated rings. The molecule has 0 bridgehead atoms. The van der Waals surface area contributed by atoms with Crippen LogP contribution in [-0.2, 0) is 11.2 Å². The van der Waals surface area contributed by atoms with Crippen LogP contribution in [0.4, 0.5) is 0 Å². The number of likely N-dealkylation sites (tertiary alicyclic amines) is 1. The van der Waals surface area contributed by atoms with E-state index in [-0.39, 0.29) is 12.5 Å². The maximum atomic E-state index is 12.2. The molecule has 1 aromatic rings. The Morgan fingerprint density at radius 1 is 1.16 bits per heavy atom. The number of amides is 1. The van der Waals surface area contributed by atoms with E-state index in [1.807, 2.05) is 24.0 Å². The molecule has 6 heteroatoms. The van der Waals surface area contributed by atoms with Gasteiger partial charge in [0.25, 0.3) is 0 Å². The third-order valence-electron chi connectivity index (χ3n) is 4.29. The minimum atomic E-state index is 0.118. The lowest BCUT2D eigenvalue weighted by molar-refractivity contribution is -0.130. The first-order valence-electron chi connectivity index (χ1n) is 9.16. The first-order chi connectivity index (χ1) is 12.2. The standard InChI is InChI=1S/C19H30N4O2/c1-3-20-19(22-15-18(24)23-13-5-4-6-14-23)21-12-11-16-7-9-17(25-2)10-8-16/h7-10H,3-6,11-15H2,1-2H3,(H2,20,21,22). The molecule has 2 rings (SSSR count). The van der Waals surface area contributed by atoms with Gasteiger partial charge in [0, 0.05) is 26.2 Å². The number of rotatable bonds is 7. The van der Waals surface area contributed by atoms with Gasteiger partial charge < -0.3 is 20.3 Å². The van der Waals surface area contributed by atoms with Crippen molar-refractivity contribution in [2.24, 2.45) is 4.99 Å². The molecule has 1 aromatic carbocycles. The summed E-state index contributed by atoms with van der Waals surface area (Å²) < 4.78 is 5.17. The molecule has 0 radical (unpaired) electrons. The molecule has 1 amide bonds. The highest BCUT2D eigenvalue weighted by Crippen LogP contribution is 2.11. The minimum absolute atomic E-state index is 0.118. The van der Waals surface area contributed by atoms with Crippen LogP contribution in [0.15, 0.2) is 29.3 Å². The van der Waals surface area contributed by atoms with Gasteiger partial charge in [0.2, 0.25) is 5.91 Å². The number of nitrogens with zero attached hydrogens (tertiary/aromatic N) is 2. The fourth-order valence-corrected chi connectivity index (χ4v) is 2.85. The van der Waals surface area contributed by atoms with E-state index in [2.05, 4.69) is 27.8 Å². The molecule has 2 N–H and O–H groups in total. The predicted molar refractivity (Wildman–Crippen MR) is 101 cm³/mol. The van der Waals surface area contributed by atoms with E-state index < -0.39 is 0 Å². The van der Waals surface area contributed by atoms with E-state index in [1.54, 1.807) is 7.11 Å². The molecule has 0 aliphatic carbocycles. The second kappa shape index (κ2) is 10.6. The fourth-order valence-electron chi connectivity index (χ4n) is 2.85. The summed E-state index contributed by atoms with van der Waals surface area (Å²) in [6.45, 7) is 5.50. The number of hydrogen-bond acceptors (Lipinski definition) is 3. The second-order valence-electron chi connectivity index (χ2n) is 6.16. The third-order valence-corrected chi connectivity index (χ3v) is 4.29. The predicted octanol–water partition coefficient (Wildman–Crippen LogP) is 1.81. The molecule has 0 saturated carbocycles. The minimum Gasteiger partial charge on any atom is -0.497 e. The lowest BCUT2D eigenvalue weighted by Crippen LogP contribution is -2.41. The maximum absolute atomic E-state index is 12.2. The first kappa shape index (κ1) is 19.1. The van der Waals surface area contributed by atoms with Gasteiger partial charge in [-0.1, -0.05) is 12.1 Å². The summed E-state index contributed by atoms with van der Waals surface area (Å²) in [6.07, 6.45) is 4.32. The van der Waals surface area contributed by atoms with Gasteiger partial charge in [0.1, 0.15) is 12.3 Å². The Balaban J connectivity index is 1.79. The smallest absolute Gasteiger partial charge is 0.244 e. The Morgan fingerprint density at radius 3 is 2.52 bits per heavy atom. The number of hydrogen-bond donors (Lipinski definition) is 2. The molecular weight excluding hydrogens is 316 g/mol. The SMILES string of the molecule is CCNC(=NCC(=O)N1CCCCC1)NCCc1ccc(OC)cc1. The average Bonchev–Trinajstić information content (AvgIpc) is 2.67. The lowest BCUT2D eigenvalue weighted by Gasteiger charge is -2.26. The number of carbonyl (C=O) groups excluding carboxylic acids is 1. The van der Waals surface area contributed by atoms with Crippen LogP contribution in [0.25, 0.3) is 0 Å². The molecule has 0 unspecified atom stereocenters. The second-order valence-corrected chi connectivity index (χ2v) is 6.16. The molecule has 1 aliphatic heterocycles. The van der Waals surface area contributed by atoms with Crippen LogP contribution >= 0.6 is 0 Å². The number of piperidine rings is 1. The number of ether oxygens (including phenoxy) is 1. The van der Waals surface area contributed by atoms with E-state index in [4.69, 9.17) is 4.74 Å². The number of aliphatic imine (C=N–C) groups is 1. The van der Waals surface area contributed by atoms with Gasteiger partial charge >= 0.3 is 0 Å². The molecule has 0 atom stereocenters. The van der Waals surface area contributed by atoms with E-state index in [9.17, 15) is 4.79 Å². The van der Waals surface area contributed by atoms with Crippen LogP contribution < -0.4 is 15.4 Å². The summed E-state index contributed by atoms with van der Waals surface area (Å²) in [4.78, 5) is 18.6. The quantitative estimate of drug-likeness (QED) is 0.584. The highest BCUT2D eigenvalue weighted by atomic mass is 16.5. The zero-order valence-corrected chi connectivity index (χ0v) is 15.4. The molecule has 0 aromatic heterocycles. The monoisotopic (exact) mass is 346 g/mol. The van der Waals surface area contributed by atoms with E-state index in [0.29, 0.717) is 5.96 Å². The number of guanidine groups is 1. The molecule has 0 spiro atoms. The van der Waals surface area contributed by atoms with Crippen molar-refractivity contribution in [3.05, 3.63) is 29.8 Å². The number of methoxy groups -OCH3 is 1. The molecule has 6 nitrogen and oxygen atoms in total. The highest BCUT2D eigenvalue weighted by Gasteiger charge is 2.15. The lowest BCUT2D eigenvalue weighted by atomic mass is 10.1. The van der Waals surface area contributed by atoms with Crippen molar-refractivity contribution in [3.63, 3.8) is 0 Å². The van der Waals surface area contributed by atoms with Gasteiger partial charge in [0.15, 0.2) is 5.96 Å². The van der Waals surface area contributed by atoms with Crippen LogP contribution in [0.2, 0.25) is 0 Å². The Hall–Kier alpha value is -2.24. The highest BCUT2D eigenvalue weighted by molar-refractivity contribution is 5.85. The van der Waals surface area contributed by atoms with E-state index in [1.165, 1.54) is 12.0 Å². The topological polar surface area (TPSA) is 66.0 Å². The van der Waals surface area contributed by atoms with Crippen molar-refractivity contribution >= 4 is 11.9 Å². The van der Waals surface area contributed by atoms with Gasteiger partial charge in [-0.25, -0.2) is 4.99 Å². The summed E-state index contributed by atoms with van der Waals surface area (Å²) in [5, 5.41) is 6.49. The van der Waals surface area contributed by atoms with Crippen LogP contribution in [-0.4, -0.2) is 56.6 Å². The maximum Gasteiger partial charge on any atom is 0.244 e. The number of carbonyl (C=O) groups is 1. The Bertz CT molecular complexity index is 551. The summed E-state index contributed by atoms with van der Waals surface area (Å²) in [7, 11) is 1.67. The van der Waals surface area contributed by atoms with Crippen molar-refractivity contribution in [1.82, 2.24) is 15.5 Å². The van der Waals surface area contributed by atoms with Gasteiger partial charge in [0.05, 0.1) is 7.11 Å². The normalized spacial score (nSPS) is 15.0. The zero-order valence-electron chi connectivity index (χ0n) is 15.4. The van der Waals surface area contributed by atoms with Crippen LogP contribution in [0, 0.1) is 0 Å². The fraction of sp³-hybridized carbons (Fsp3) is 0.579. The van der Waals surface area contributed by atoms with Crippen molar-refractivity contribution < 1.29 is 9.53 Å².